The lowest BCUT2D eigenvalue weighted by Crippen LogP contribution is -2.16. The van der Waals surface area contributed by atoms with Crippen LogP contribution in [0.3, 0.4) is 0 Å². The lowest BCUT2D eigenvalue weighted by molar-refractivity contribution is -0.141. The van der Waals surface area contributed by atoms with Crippen LogP contribution in [0.2, 0.25) is 0 Å². The van der Waals surface area contributed by atoms with Crippen LogP contribution < -0.4 is 0 Å². The Kier molecular flexibility index (Phi) is 6.23. The van der Waals surface area contributed by atoms with Crippen molar-refractivity contribution in [2.75, 3.05) is 0 Å². The molecule has 0 fully saturated rings. The third-order valence-electron chi connectivity index (χ3n) is 2.53. The normalized spacial score (nSPS) is 12.5. The molecule has 0 aliphatic rings. The van der Waals surface area contributed by atoms with Gasteiger partial charge in [-0.25, -0.2) is 0 Å². The highest BCUT2D eigenvalue weighted by molar-refractivity contribution is 14.1. The lowest BCUT2D eigenvalue weighted by Gasteiger charge is -2.14. The zero-order chi connectivity index (χ0) is 13.2. The van der Waals surface area contributed by atoms with Gasteiger partial charge in [0.05, 0.1) is 13.1 Å². The van der Waals surface area contributed by atoms with Crippen molar-refractivity contribution in [2.24, 2.45) is 5.92 Å². The van der Waals surface area contributed by atoms with E-state index in [0.29, 0.717) is 12.8 Å². The van der Waals surface area contributed by atoms with Gasteiger partial charge in [-0.2, -0.15) is 0 Å². The number of benzene rings is 1. The number of carbonyl (C=O) groups is 1. The van der Waals surface area contributed by atoms with E-state index in [-0.39, 0.29) is 5.75 Å². The minimum Gasteiger partial charge on any atom is -0.506 e. The molecule has 1 aromatic rings. The van der Waals surface area contributed by atoms with Gasteiger partial charge in [0.2, 0.25) is 0 Å². The fraction of sp³-hybridized carbons (Fsp3) is 0.364. The first-order valence-corrected chi connectivity index (χ1v) is 8.20. The molecule has 0 saturated carbocycles. The van der Waals surface area contributed by atoms with Gasteiger partial charge in [-0.3, -0.25) is 4.79 Å². The summed E-state index contributed by atoms with van der Waals surface area (Å²) in [4.78, 5) is 11.0. The van der Waals surface area contributed by atoms with Crippen molar-refractivity contribution in [3.8, 4) is 5.75 Å². The minimum atomic E-state index is -0.780. The van der Waals surface area contributed by atoms with Crippen LogP contribution in [0.5, 0.6) is 5.75 Å². The molecule has 0 aliphatic carbocycles. The summed E-state index contributed by atoms with van der Waals surface area (Å²) in [5, 5.41) is 18.9. The summed E-state index contributed by atoms with van der Waals surface area (Å²) in [6.45, 7) is 1.87. The summed E-state index contributed by atoms with van der Waals surface area (Å²) in [6, 6.07) is 1.88. The van der Waals surface area contributed by atoms with E-state index < -0.39 is 11.9 Å². The fourth-order valence-electron chi connectivity index (χ4n) is 1.46. The Balaban J connectivity index is 3.14. The molecule has 0 saturated heterocycles. The lowest BCUT2D eigenvalue weighted by atomic mass is 9.97. The van der Waals surface area contributed by atoms with Crippen LogP contribution in [-0.2, 0) is 11.2 Å². The summed E-state index contributed by atoms with van der Waals surface area (Å²) >= 11 is 6.34. The maximum Gasteiger partial charge on any atom is 0.306 e. The zero-order valence-corrected chi connectivity index (χ0v) is 15.5. The van der Waals surface area contributed by atoms with Gasteiger partial charge >= 0.3 is 5.97 Å². The van der Waals surface area contributed by atoms with E-state index in [1.807, 2.05) is 13.0 Å². The third kappa shape index (κ3) is 3.82. The Hall–Kier alpha value is 0.680. The predicted octanol–water partition coefficient (Wildman–Crippen LogP) is 3.86. The average Bonchev–Trinajstić information content (AvgIpc) is 2.26. The summed E-state index contributed by atoms with van der Waals surface area (Å²) in [6.07, 6.45) is 1.06. The minimum absolute atomic E-state index is 0.252. The molecule has 0 bridgehead atoms. The van der Waals surface area contributed by atoms with Crippen molar-refractivity contribution in [3.63, 3.8) is 0 Å². The number of aromatic hydroxyl groups is 1. The molecule has 1 rings (SSSR count). The number of aliphatic carboxylic acids is 1. The highest BCUT2D eigenvalue weighted by atomic mass is 127. The predicted molar refractivity (Wildman–Crippen MR) is 91.4 cm³/mol. The van der Waals surface area contributed by atoms with E-state index in [9.17, 15) is 9.90 Å². The number of phenolic OH excluding ortho intramolecular Hbond substituents is 1. The summed E-state index contributed by atoms with van der Waals surface area (Å²) < 4.78 is 2.57. The number of carboxylic acid groups (broad SMARTS) is 1. The van der Waals surface area contributed by atoms with Crippen molar-refractivity contribution < 1.29 is 15.0 Å². The van der Waals surface area contributed by atoms with Crippen LogP contribution in [0.4, 0.5) is 0 Å². The van der Waals surface area contributed by atoms with Crippen LogP contribution in [0, 0.1) is 16.6 Å². The van der Waals surface area contributed by atoms with E-state index in [2.05, 4.69) is 67.8 Å². The molecule has 2 N–H and O–H groups in total. The van der Waals surface area contributed by atoms with Crippen molar-refractivity contribution >= 4 is 73.7 Å². The molecule has 17 heavy (non-hydrogen) atoms. The number of hydrogen-bond acceptors (Lipinski definition) is 2. The second kappa shape index (κ2) is 6.73. The molecule has 0 amide bonds. The Bertz CT molecular complexity index is 446. The molecular formula is C11H11I3O3. The van der Waals surface area contributed by atoms with Crippen LogP contribution in [0.1, 0.15) is 18.9 Å². The van der Waals surface area contributed by atoms with E-state index in [0.717, 1.165) is 16.3 Å². The highest BCUT2D eigenvalue weighted by Crippen LogP contribution is 2.34. The number of carboxylic acids is 1. The van der Waals surface area contributed by atoms with E-state index in [1.165, 1.54) is 0 Å². The first-order valence-electron chi connectivity index (χ1n) is 4.96. The Morgan fingerprint density at radius 3 is 2.41 bits per heavy atom. The second-order valence-electron chi connectivity index (χ2n) is 3.63. The standard InChI is InChI=1S/C11H11I3O3/c1-2-5(11(16)17)3-6-7(12)4-8(13)10(15)9(6)14/h4-5,15H,2-3H2,1H3,(H,16,17)/t5-/m0/s1. The molecule has 1 aromatic carbocycles. The molecule has 0 unspecified atom stereocenters. The van der Waals surface area contributed by atoms with Crippen molar-refractivity contribution in [1.29, 1.82) is 0 Å². The Morgan fingerprint density at radius 1 is 1.35 bits per heavy atom. The van der Waals surface area contributed by atoms with E-state index >= 15 is 0 Å². The van der Waals surface area contributed by atoms with Gasteiger partial charge in [0.25, 0.3) is 0 Å². The number of hydrogen-bond donors (Lipinski definition) is 2. The number of phenols is 1. The monoisotopic (exact) mass is 572 g/mol. The Labute approximate surface area is 141 Å². The molecule has 0 aliphatic heterocycles. The summed E-state index contributed by atoms with van der Waals surface area (Å²) in [5.41, 5.74) is 0.929. The molecule has 0 aromatic heterocycles. The van der Waals surface area contributed by atoms with Gasteiger partial charge in [-0.05, 0) is 92.2 Å². The van der Waals surface area contributed by atoms with E-state index in [4.69, 9.17) is 5.11 Å². The molecule has 94 valence electrons. The van der Waals surface area contributed by atoms with Crippen LogP contribution in [0.25, 0.3) is 0 Å². The molecule has 0 spiro atoms. The number of rotatable bonds is 4. The van der Waals surface area contributed by atoms with Crippen LogP contribution in [0.15, 0.2) is 6.07 Å². The largest absolute Gasteiger partial charge is 0.506 e. The molecular weight excluding hydrogens is 561 g/mol. The maximum atomic E-state index is 11.0. The van der Waals surface area contributed by atoms with Gasteiger partial charge in [0.15, 0.2) is 0 Å². The van der Waals surface area contributed by atoms with Gasteiger partial charge in [-0.15, -0.1) is 0 Å². The maximum absolute atomic E-state index is 11.0. The van der Waals surface area contributed by atoms with Crippen molar-refractivity contribution in [1.82, 2.24) is 0 Å². The molecule has 3 nitrogen and oxygen atoms in total. The quantitative estimate of drug-likeness (QED) is 0.540. The molecule has 1 atom stereocenters. The molecule has 0 radical (unpaired) electrons. The third-order valence-corrected chi connectivity index (χ3v) is 5.48. The molecule has 6 heteroatoms. The van der Waals surface area contributed by atoms with Gasteiger partial charge in [0.1, 0.15) is 5.75 Å². The number of halogens is 3. The van der Waals surface area contributed by atoms with Crippen LogP contribution >= 0.6 is 67.8 Å². The van der Waals surface area contributed by atoms with Gasteiger partial charge in [-0.1, -0.05) is 6.92 Å². The molecule has 0 heterocycles. The first kappa shape index (κ1) is 15.7. The zero-order valence-electron chi connectivity index (χ0n) is 9.01. The SMILES string of the molecule is CC[C@@H](Cc1c(I)cc(I)c(O)c1I)C(=O)O. The van der Waals surface area contributed by atoms with Crippen molar-refractivity contribution in [2.45, 2.75) is 19.8 Å². The topological polar surface area (TPSA) is 57.5 Å². The van der Waals surface area contributed by atoms with Gasteiger partial charge < -0.3 is 10.2 Å². The average molecular weight is 572 g/mol. The summed E-state index contributed by atoms with van der Waals surface area (Å²) in [7, 11) is 0. The first-order chi connectivity index (χ1) is 7.88. The highest BCUT2D eigenvalue weighted by Gasteiger charge is 2.21. The smallest absolute Gasteiger partial charge is 0.306 e. The van der Waals surface area contributed by atoms with Crippen LogP contribution in [-0.4, -0.2) is 16.2 Å². The second-order valence-corrected chi connectivity index (χ2v) is 7.03. The fourth-order valence-corrected chi connectivity index (χ4v) is 5.27. The van der Waals surface area contributed by atoms with Crippen molar-refractivity contribution in [3.05, 3.63) is 22.3 Å². The van der Waals surface area contributed by atoms with Gasteiger partial charge in [0, 0.05) is 3.57 Å². The van der Waals surface area contributed by atoms with E-state index in [1.54, 1.807) is 0 Å². The summed E-state index contributed by atoms with van der Waals surface area (Å²) in [5.74, 6) is -0.921. The Morgan fingerprint density at radius 2 is 1.94 bits per heavy atom.